The van der Waals surface area contributed by atoms with Gasteiger partial charge in [-0.3, -0.25) is 5.43 Å². The first-order valence-corrected chi connectivity index (χ1v) is 7.69. The van der Waals surface area contributed by atoms with Crippen LogP contribution in [0.4, 0.5) is 5.13 Å². The van der Waals surface area contributed by atoms with E-state index >= 15 is 0 Å². The van der Waals surface area contributed by atoms with E-state index in [1.807, 2.05) is 37.3 Å². The molecule has 2 N–H and O–H groups in total. The Kier molecular flexibility index (Phi) is 4.20. The van der Waals surface area contributed by atoms with E-state index in [-0.39, 0.29) is 5.75 Å². The number of rotatable bonds is 5. The average Bonchev–Trinajstić information content (AvgIpc) is 2.94. The first-order chi connectivity index (χ1) is 10.8. The fraction of sp³-hybridized carbons (Fsp3) is 0.125. The lowest BCUT2D eigenvalue weighted by Crippen LogP contribution is -1.95. The standard InChI is InChI=1S/C16H15N3O2S/c1-2-21-13-8-5-6-11(15(13)20)10-17-19-16-18-12-7-3-4-9-14(12)22-16/h3-10,20H,2H2,1H3,(H,18,19)/b17-10-. The van der Waals surface area contributed by atoms with Crippen molar-refractivity contribution in [3.63, 3.8) is 0 Å². The van der Waals surface area contributed by atoms with Crippen molar-refractivity contribution in [3.8, 4) is 11.5 Å². The number of thiazole rings is 1. The predicted molar refractivity (Wildman–Crippen MR) is 90.1 cm³/mol. The van der Waals surface area contributed by atoms with Crippen molar-refractivity contribution >= 4 is 32.9 Å². The van der Waals surface area contributed by atoms with Gasteiger partial charge in [0.15, 0.2) is 11.5 Å². The summed E-state index contributed by atoms with van der Waals surface area (Å²) in [4.78, 5) is 4.42. The van der Waals surface area contributed by atoms with Crippen LogP contribution in [0.2, 0.25) is 0 Å². The number of hydrogen-bond acceptors (Lipinski definition) is 6. The molecular weight excluding hydrogens is 298 g/mol. The van der Waals surface area contributed by atoms with Gasteiger partial charge in [0.2, 0.25) is 5.13 Å². The maximum atomic E-state index is 10.1. The number of para-hydroxylation sites is 2. The van der Waals surface area contributed by atoms with E-state index in [0.29, 0.717) is 23.1 Å². The second-order valence-corrected chi connectivity index (χ2v) is 5.51. The van der Waals surface area contributed by atoms with Gasteiger partial charge >= 0.3 is 0 Å². The molecule has 112 valence electrons. The van der Waals surface area contributed by atoms with E-state index < -0.39 is 0 Å². The van der Waals surface area contributed by atoms with Gasteiger partial charge in [0, 0.05) is 5.56 Å². The summed E-state index contributed by atoms with van der Waals surface area (Å²) in [5, 5.41) is 14.9. The highest BCUT2D eigenvalue weighted by Gasteiger charge is 2.06. The molecule has 0 atom stereocenters. The van der Waals surface area contributed by atoms with Crippen molar-refractivity contribution in [2.24, 2.45) is 5.10 Å². The number of hydrogen-bond donors (Lipinski definition) is 2. The predicted octanol–water partition coefficient (Wildman–Crippen LogP) is 3.85. The van der Waals surface area contributed by atoms with Gasteiger partial charge < -0.3 is 9.84 Å². The van der Waals surface area contributed by atoms with E-state index in [2.05, 4.69) is 15.5 Å². The molecule has 0 spiro atoms. The molecule has 22 heavy (non-hydrogen) atoms. The van der Waals surface area contributed by atoms with Crippen LogP contribution in [0.1, 0.15) is 12.5 Å². The molecule has 0 aliphatic heterocycles. The Morgan fingerprint density at radius 3 is 2.95 bits per heavy atom. The maximum absolute atomic E-state index is 10.1. The van der Waals surface area contributed by atoms with Crippen LogP contribution in [0.3, 0.4) is 0 Å². The normalized spacial score (nSPS) is 11.1. The van der Waals surface area contributed by atoms with E-state index in [1.54, 1.807) is 18.3 Å². The minimum Gasteiger partial charge on any atom is -0.504 e. The molecule has 5 nitrogen and oxygen atoms in total. The number of hydrazone groups is 1. The quantitative estimate of drug-likeness (QED) is 0.554. The van der Waals surface area contributed by atoms with Crippen molar-refractivity contribution in [1.82, 2.24) is 4.98 Å². The van der Waals surface area contributed by atoms with Gasteiger partial charge in [0.1, 0.15) is 0 Å². The number of aromatic nitrogens is 1. The number of nitrogens with one attached hydrogen (secondary N) is 1. The van der Waals surface area contributed by atoms with Crippen LogP contribution >= 0.6 is 11.3 Å². The molecule has 2 aromatic carbocycles. The summed E-state index contributed by atoms with van der Waals surface area (Å²) in [5.41, 5.74) is 4.41. The van der Waals surface area contributed by atoms with Gasteiger partial charge in [-0.15, -0.1) is 0 Å². The van der Waals surface area contributed by atoms with Gasteiger partial charge in [-0.05, 0) is 31.2 Å². The molecule has 0 saturated carbocycles. The molecule has 1 aromatic heterocycles. The lowest BCUT2D eigenvalue weighted by atomic mass is 10.2. The number of phenolic OH excluding ortho intramolecular Hbond substituents is 1. The molecule has 0 saturated heterocycles. The Labute approximate surface area is 131 Å². The summed E-state index contributed by atoms with van der Waals surface area (Å²) in [5.74, 6) is 0.533. The first kappa shape index (κ1) is 14.3. The largest absolute Gasteiger partial charge is 0.504 e. The Balaban J connectivity index is 1.75. The molecule has 6 heteroatoms. The SMILES string of the molecule is CCOc1cccc(/C=N\Nc2nc3ccccc3s2)c1O. The Morgan fingerprint density at radius 1 is 1.27 bits per heavy atom. The highest BCUT2D eigenvalue weighted by Crippen LogP contribution is 2.29. The number of nitrogens with zero attached hydrogens (tertiary/aromatic N) is 2. The van der Waals surface area contributed by atoms with Crippen molar-refractivity contribution in [3.05, 3.63) is 48.0 Å². The fourth-order valence-electron chi connectivity index (χ4n) is 1.99. The third-order valence-electron chi connectivity index (χ3n) is 2.99. The Bertz CT molecular complexity index is 781. The van der Waals surface area contributed by atoms with Crippen LogP contribution in [0.25, 0.3) is 10.2 Å². The van der Waals surface area contributed by atoms with Crippen molar-refractivity contribution in [2.75, 3.05) is 12.0 Å². The molecule has 0 fully saturated rings. The molecular formula is C16H15N3O2S. The van der Waals surface area contributed by atoms with E-state index in [1.165, 1.54) is 11.3 Å². The van der Waals surface area contributed by atoms with Crippen LogP contribution < -0.4 is 10.2 Å². The van der Waals surface area contributed by atoms with Crippen LogP contribution in [-0.2, 0) is 0 Å². The third-order valence-corrected chi connectivity index (χ3v) is 3.93. The summed E-state index contributed by atoms with van der Waals surface area (Å²) >= 11 is 1.52. The Morgan fingerprint density at radius 2 is 2.14 bits per heavy atom. The van der Waals surface area contributed by atoms with E-state index in [4.69, 9.17) is 4.74 Å². The van der Waals surface area contributed by atoms with Gasteiger partial charge in [0.05, 0.1) is 23.0 Å². The zero-order chi connectivity index (χ0) is 15.4. The summed E-state index contributed by atoms with van der Waals surface area (Å²) in [6.45, 7) is 2.37. The van der Waals surface area contributed by atoms with Gasteiger partial charge in [-0.25, -0.2) is 4.98 Å². The third kappa shape index (κ3) is 3.01. The fourth-order valence-corrected chi connectivity index (χ4v) is 2.81. The maximum Gasteiger partial charge on any atom is 0.204 e. The zero-order valence-electron chi connectivity index (χ0n) is 12.0. The summed E-state index contributed by atoms with van der Waals surface area (Å²) in [7, 11) is 0. The molecule has 0 amide bonds. The number of fused-ring (bicyclic) bond motifs is 1. The molecule has 0 aliphatic rings. The Hall–Kier alpha value is -2.60. The number of aromatic hydroxyl groups is 1. The van der Waals surface area contributed by atoms with Gasteiger partial charge in [-0.1, -0.05) is 29.5 Å². The monoisotopic (exact) mass is 313 g/mol. The van der Waals surface area contributed by atoms with E-state index in [0.717, 1.165) is 10.2 Å². The summed E-state index contributed by atoms with van der Waals surface area (Å²) in [6, 6.07) is 13.2. The number of benzene rings is 2. The second kappa shape index (κ2) is 6.44. The van der Waals surface area contributed by atoms with Gasteiger partial charge in [-0.2, -0.15) is 5.10 Å². The molecule has 3 aromatic rings. The lowest BCUT2D eigenvalue weighted by molar-refractivity contribution is 0.318. The van der Waals surface area contributed by atoms with Crippen LogP contribution in [0.15, 0.2) is 47.6 Å². The summed E-state index contributed by atoms with van der Waals surface area (Å²) in [6.07, 6.45) is 1.55. The topological polar surface area (TPSA) is 66.7 Å². The van der Waals surface area contributed by atoms with Crippen molar-refractivity contribution in [2.45, 2.75) is 6.92 Å². The van der Waals surface area contributed by atoms with Crippen LogP contribution in [0, 0.1) is 0 Å². The van der Waals surface area contributed by atoms with Crippen molar-refractivity contribution < 1.29 is 9.84 Å². The highest BCUT2D eigenvalue weighted by atomic mass is 32.1. The van der Waals surface area contributed by atoms with Crippen LogP contribution in [-0.4, -0.2) is 22.9 Å². The zero-order valence-corrected chi connectivity index (χ0v) is 12.8. The van der Waals surface area contributed by atoms with Crippen LogP contribution in [0.5, 0.6) is 11.5 Å². The molecule has 0 unspecified atom stereocenters. The number of phenols is 1. The first-order valence-electron chi connectivity index (χ1n) is 6.87. The smallest absolute Gasteiger partial charge is 0.204 e. The minimum absolute atomic E-state index is 0.0826. The molecule has 3 rings (SSSR count). The molecule has 0 radical (unpaired) electrons. The molecule has 0 aliphatic carbocycles. The lowest BCUT2D eigenvalue weighted by Gasteiger charge is -2.06. The van der Waals surface area contributed by atoms with Crippen molar-refractivity contribution in [1.29, 1.82) is 0 Å². The molecule has 1 heterocycles. The second-order valence-electron chi connectivity index (χ2n) is 4.48. The number of anilines is 1. The van der Waals surface area contributed by atoms with E-state index in [9.17, 15) is 5.11 Å². The number of ether oxygens (including phenoxy) is 1. The molecule has 0 bridgehead atoms. The van der Waals surface area contributed by atoms with Gasteiger partial charge in [0.25, 0.3) is 0 Å². The minimum atomic E-state index is 0.0826. The average molecular weight is 313 g/mol. The highest BCUT2D eigenvalue weighted by molar-refractivity contribution is 7.22. The summed E-state index contributed by atoms with van der Waals surface area (Å²) < 4.78 is 6.44.